The molecule has 0 unspecified atom stereocenters. The summed E-state index contributed by atoms with van der Waals surface area (Å²) in [6.45, 7) is 13.0. The maximum Gasteiger partial charge on any atom is 0.0606 e. The molecule has 0 fully saturated rings. The molecule has 0 aliphatic carbocycles. The minimum Gasteiger partial charge on any atom is -0.323 e. The van der Waals surface area contributed by atoms with Gasteiger partial charge >= 0.3 is 0 Å². The smallest absolute Gasteiger partial charge is 0.0606 e. The van der Waals surface area contributed by atoms with Gasteiger partial charge in [0, 0.05) is 47.1 Å². The molecule has 0 saturated heterocycles. The fourth-order valence-electron chi connectivity index (χ4n) is 7.46. The van der Waals surface area contributed by atoms with Crippen molar-refractivity contribution in [2.75, 3.05) is 9.80 Å². The fourth-order valence-corrected chi connectivity index (χ4v) is 7.46. The van der Waals surface area contributed by atoms with E-state index in [1.54, 1.807) is 0 Å². The van der Waals surface area contributed by atoms with Crippen LogP contribution in [0.15, 0.2) is 182 Å². The molecule has 6 aromatic rings. The summed E-state index contributed by atoms with van der Waals surface area (Å²) in [5, 5.41) is 0. The molecule has 2 heteroatoms. The number of nitrogens with zero attached hydrogens (tertiary/aromatic N) is 2. The van der Waals surface area contributed by atoms with E-state index in [2.05, 4.69) is 222 Å². The van der Waals surface area contributed by atoms with Crippen LogP contribution in [-0.2, 0) is 0 Å². The van der Waals surface area contributed by atoms with Crippen molar-refractivity contribution in [3.05, 3.63) is 215 Å². The van der Waals surface area contributed by atoms with Gasteiger partial charge in [0.2, 0.25) is 0 Å². The zero-order chi connectivity index (χ0) is 37.3. The van der Waals surface area contributed by atoms with Crippen LogP contribution in [0.3, 0.4) is 0 Å². The van der Waals surface area contributed by atoms with Crippen molar-refractivity contribution in [2.45, 2.75) is 41.5 Å². The predicted octanol–water partition coefficient (Wildman–Crippen LogP) is 13.9. The van der Waals surface area contributed by atoms with E-state index in [1.807, 2.05) is 0 Å². The molecule has 6 aromatic carbocycles. The van der Waals surface area contributed by atoms with Crippen LogP contribution in [0.5, 0.6) is 0 Å². The number of benzene rings is 6. The highest BCUT2D eigenvalue weighted by molar-refractivity contribution is 5.95. The van der Waals surface area contributed by atoms with E-state index >= 15 is 0 Å². The number of anilines is 2. The molecule has 2 aliphatic heterocycles. The highest BCUT2D eigenvalue weighted by Gasteiger charge is 2.21. The van der Waals surface area contributed by atoms with Crippen LogP contribution in [-0.4, -0.2) is 0 Å². The molecule has 0 N–H and O–H groups in total. The Labute approximate surface area is 321 Å². The fraction of sp³-hybridized carbons (Fsp3) is 0.115. The lowest BCUT2D eigenvalue weighted by Gasteiger charge is -2.28. The Morgan fingerprint density at radius 1 is 0.278 bits per heavy atom. The van der Waals surface area contributed by atoms with E-state index in [9.17, 15) is 0 Å². The first-order chi connectivity index (χ1) is 26.2. The summed E-state index contributed by atoms with van der Waals surface area (Å²) >= 11 is 0. The first-order valence-electron chi connectivity index (χ1n) is 18.8. The topological polar surface area (TPSA) is 6.48 Å². The highest BCUT2D eigenvalue weighted by atomic mass is 15.1. The van der Waals surface area contributed by atoms with Crippen molar-refractivity contribution in [3.63, 3.8) is 0 Å². The molecule has 264 valence electrons. The molecule has 0 bridgehead atoms. The SMILES string of the molecule is Cc1ccc(-c2cc(C)cc(-c3ccc(C)cc3)c2N2C=CC(=C3C=CN(c4c(-c5ccc(C)cc5)cc(C)cc4-c4ccc(C)cc4)C=C3)C=C2)cc1. The first-order valence-corrected chi connectivity index (χ1v) is 18.8. The summed E-state index contributed by atoms with van der Waals surface area (Å²) in [5.74, 6) is 0. The van der Waals surface area contributed by atoms with Gasteiger partial charge in [-0.3, -0.25) is 0 Å². The third-order valence-corrected chi connectivity index (χ3v) is 10.5. The van der Waals surface area contributed by atoms with Gasteiger partial charge in [0.1, 0.15) is 0 Å². The summed E-state index contributed by atoms with van der Waals surface area (Å²) in [6, 6.07) is 44.8. The Balaban J connectivity index is 1.16. The van der Waals surface area contributed by atoms with Crippen LogP contribution in [0.25, 0.3) is 44.5 Å². The van der Waals surface area contributed by atoms with Crippen molar-refractivity contribution in [1.82, 2.24) is 0 Å². The molecule has 2 heterocycles. The van der Waals surface area contributed by atoms with Crippen LogP contribution < -0.4 is 9.80 Å². The van der Waals surface area contributed by atoms with Gasteiger partial charge in [-0.1, -0.05) is 119 Å². The Bertz CT molecular complexity index is 2160. The minimum atomic E-state index is 1.17. The third-order valence-electron chi connectivity index (χ3n) is 10.5. The molecular formula is C52H46N2. The number of allylic oxidation sites excluding steroid dienone is 6. The van der Waals surface area contributed by atoms with Crippen LogP contribution in [0.4, 0.5) is 11.4 Å². The van der Waals surface area contributed by atoms with E-state index < -0.39 is 0 Å². The second-order valence-corrected chi connectivity index (χ2v) is 14.9. The van der Waals surface area contributed by atoms with Crippen molar-refractivity contribution in [2.24, 2.45) is 0 Å². The average Bonchev–Trinajstić information content (AvgIpc) is 3.19. The van der Waals surface area contributed by atoms with Crippen LogP contribution in [0.1, 0.15) is 33.4 Å². The molecule has 0 aromatic heterocycles. The Morgan fingerprint density at radius 3 is 0.722 bits per heavy atom. The standard InChI is InChI=1S/C52H46N2/c1-35-7-15-43(16-8-35)47-31-39(5)32-48(44-17-9-36(2)10-18-44)51(47)53-27-23-41(24-28-53)42-25-29-54(30-26-42)52-49(45-19-11-37(3)12-20-45)33-40(6)34-50(52)46-21-13-38(4)14-22-46/h7-34H,1-6H3. The maximum atomic E-state index is 2.31. The Hall–Kier alpha value is -6.38. The number of hydrogen-bond acceptors (Lipinski definition) is 2. The van der Waals surface area contributed by atoms with Crippen molar-refractivity contribution < 1.29 is 0 Å². The summed E-state index contributed by atoms with van der Waals surface area (Å²) in [7, 11) is 0. The first kappa shape index (κ1) is 34.7. The lowest BCUT2D eigenvalue weighted by molar-refractivity contribution is 1.22. The van der Waals surface area contributed by atoms with Crippen LogP contribution in [0, 0.1) is 41.5 Å². The normalized spacial score (nSPS) is 13.7. The molecule has 0 spiro atoms. The highest BCUT2D eigenvalue weighted by Crippen LogP contribution is 2.44. The molecule has 8 rings (SSSR count). The summed E-state index contributed by atoms with van der Waals surface area (Å²) < 4.78 is 0. The number of aryl methyl sites for hydroxylation is 6. The number of hydrogen-bond donors (Lipinski definition) is 0. The summed E-state index contributed by atoms with van der Waals surface area (Å²) in [4.78, 5) is 4.56. The molecule has 2 nitrogen and oxygen atoms in total. The Kier molecular flexibility index (Phi) is 9.36. The van der Waals surface area contributed by atoms with Crippen LogP contribution in [0.2, 0.25) is 0 Å². The Morgan fingerprint density at radius 2 is 0.500 bits per heavy atom. The second kappa shape index (κ2) is 14.6. The van der Waals surface area contributed by atoms with Gasteiger partial charge in [0.15, 0.2) is 0 Å². The van der Waals surface area contributed by atoms with Gasteiger partial charge < -0.3 is 9.80 Å². The van der Waals surface area contributed by atoms with E-state index in [-0.39, 0.29) is 0 Å². The zero-order valence-electron chi connectivity index (χ0n) is 32.1. The summed E-state index contributed by atoms with van der Waals surface area (Å²) in [6.07, 6.45) is 17.8. The largest absolute Gasteiger partial charge is 0.323 e. The molecular weight excluding hydrogens is 653 g/mol. The average molecular weight is 699 g/mol. The molecule has 54 heavy (non-hydrogen) atoms. The quantitative estimate of drug-likeness (QED) is 0.171. The van der Waals surface area contributed by atoms with Gasteiger partial charge in [-0.2, -0.15) is 0 Å². The van der Waals surface area contributed by atoms with Gasteiger partial charge in [-0.25, -0.2) is 0 Å². The van der Waals surface area contributed by atoms with Gasteiger partial charge in [0.05, 0.1) is 11.4 Å². The molecule has 0 atom stereocenters. The molecule has 0 radical (unpaired) electrons. The van der Waals surface area contributed by atoms with Gasteiger partial charge in [-0.15, -0.1) is 0 Å². The lowest BCUT2D eigenvalue weighted by Crippen LogP contribution is -2.14. The van der Waals surface area contributed by atoms with E-state index in [4.69, 9.17) is 0 Å². The zero-order valence-corrected chi connectivity index (χ0v) is 32.1. The summed E-state index contributed by atoms with van der Waals surface area (Å²) in [5.41, 5.74) is 21.9. The predicted molar refractivity (Wildman–Crippen MR) is 232 cm³/mol. The number of rotatable bonds is 6. The van der Waals surface area contributed by atoms with E-state index in [0.717, 1.165) is 0 Å². The second-order valence-electron chi connectivity index (χ2n) is 14.9. The van der Waals surface area contributed by atoms with E-state index in [0.29, 0.717) is 0 Å². The van der Waals surface area contributed by atoms with Gasteiger partial charge in [0.25, 0.3) is 0 Å². The molecule has 0 amide bonds. The van der Waals surface area contributed by atoms with Crippen molar-refractivity contribution in [3.8, 4) is 44.5 Å². The third kappa shape index (κ3) is 7.04. The monoisotopic (exact) mass is 698 g/mol. The van der Waals surface area contributed by atoms with E-state index in [1.165, 1.54) is 100 Å². The van der Waals surface area contributed by atoms with Crippen molar-refractivity contribution in [1.29, 1.82) is 0 Å². The van der Waals surface area contributed by atoms with Gasteiger partial charge in [-0.05, 0) is 135 Å². The minimum absolute atomic E-state index is 1.17. The van der Waals surface area contributed by atoms with Crippen molar-refractivity contribution >= 4 is 11.4 Å². The van der Waals surface area contributed by atoms with Crippen LogP contribution >= 0.6 is 0 Å². The lowest BCUT2D eigenvalue weighted by atomic mass is 9.91. The molecule has 0 saturated carbocycles. The molecule has 2 aliphatic rings. The maximum absolute atomic E-state index is 2.31.